The maximum atomic E-state index is 9.27. The number of hydrogen-bond donors (Lipinski definition) is 4. The lowest BCUT2D eigenvalue weighted by Crippen LogP contribution is -1.77. The molecule has 0 amide bonds. The van der Waals surface area contributed by atoms with Gasteiger partial charge in [0.2, 0.25) is 0 Å². The van der Waals surface area contributed by atoms with E-state index in [4.69, 9.17) is 0 Å². The average Bonchev–Trinajstić information content (AvgIpc) is 2.23. The Morgan fingerprint density at radius 2 is 0.778 bits per heavy atom. The second-order valence-electron chi connectivity index (χ2n) is 3.73. The highest BCUT2D eigenvalue weighted by Crippen LogP contribution is 2.21. The molecular weight excluding hydrogens is 232 g/mol. The first kappa shape index (κ1) is 11.7. The number of phenols is 4. The standard InChI is InChI=1S/C14H10O4/c15-11-3-9(4-12(16)7-11)1-2-10-5-13(17)8-14(18)6-10/h3-8,15-18H. The predicted molar refractivity (Wildman–Crippen MR) is 65.5 cm³/mol. The molecule has 4 N–H and O–H groups in total. The fourth-order valence-electron chi connectivity index (χ4n) is 1.48. The summed E-state index contributed by atoms with van der Waals surface area (Å²) in [5, 5.41) is 37.1. The van der Waals surface area contributed by atoms with E-state index < -0.39 is 0 Å². The molecule has 0 aliphatic heterocycles. The van der Waals surface area contributed by atoms with E-state index in [9.17, 15) is 20.4 Å². The lowest BCUT2D eigenvalue weighted by molar-refractivity contribution is 0.449. The zero-order chi connectivity index (χ0) is 13.1. The maximum Gasteiger partial charge on any atom is 0.120 e. The monoisotopic (exact) mass is 242 g/mol. The van der Waals surface area contributed by atoms with Crippen LogP contribution in [0.5, 0.6) is 23.0 Å². The first-order valence-corrected chi connectivity index (χ1v) is 5.11. The van der Waals surface area contributed by atoms with Crippen molar-refractivity contribution in [2.45, 2.75) is 0 Å². The van der Waals surface area contributed by atoms with Gasteiger partial charge in [-0.25, -0.2) is 0 Å². The Hall–Kier alpha value is -2.80. The summed E-state index contributed by atoms with van der Waals surface area (Å²) in [5.41, 5.74) is 0.852. The van der Waals surface area contributed by atoms with E-state index in [1.165, 1.54) is 36.4 Å². The topological polar surface area (TPSA) is 80.9 Å². The Bertz CT molecular complexity index is 555. The second-order valence-corrected chi connectivity index (χ2v) is 3.73. The van der Waals surface area contributed by atoms with Gasteiger partial charge in [0.25, 0.3) is 0 Å². The molecule has 0 heterocycles. The van der Waals surface area contributed by atoms with Crippen molar-refractivity contribution >= 4 is 0 Å². The first-order valence-electron chi connectivity index (χ1n) is 5.11. The van der Waals surface area contributed by atoms with E-state index in [0.717, 1.165) is 0 Å². The number of hydrogen-bond acceptors (Lipinski definition) is 4. The molecule has 90 valence electrons. The van der Waals surface area contributed by atoms with Crippen molar-refractivity contribution in [2.75, 3.05) is 0 Å². The third-order valence-corrected chi connectivity index (χ3v) is 2.16. The molecule has 4 nitrogen and oxygen atoms in total. The third kappa shape index (κ3) is 2.86. The van der Waals surface area contributed by atoms with E-state index in [1.807, 2.05) is 0 Å². The van der Waals surface area contributed by atoms with Crippen LogP contribution in [0.25, 0.3) is 0 Å². The smallest absolute Gasteiger partial charge is 0.120 e. The van der Waals surface area contributed by atoms with Gasteiger partial charge in [0.05, 0.1) is 0 Å². The first-order chi connectivity index (χ1) is 8.52. The molecule has 0 unspecified atom stereocenters. The van der Waals surface area contributed by atoms with Gasteiger partial charge in [0.1, 0.15) is 23.0 Å². The molecule has 0 aromatic heterocycles. The highest BCUT2D eigenvalue weighted by molar-refractivity contribution is 5.51. The molecule has 4 heteroatoms. The molecule has 0 atom stereocenters. The van der Waals surface area contributed by atoms with Gasteiger partial charge in [-0.15, -0.1) is 0 Å². The zero-order valence-corrected chi connectivity index (χ0v) is 9.25. The van der Waals surface area contributed by atoms with Crippen molar-refractivity contribution in [2.24, 2.45) is 0 Å². The molecule has 0 aliphatic rings. The van der Waals surface area contributed by atoms with Crippen molar-refractivity contribution in [1.82, 2.24) is 0 Å². The number of phenolic OH excluding ortho intramolecular Hbond substituents is 4. The van der Waals surface area contributed by atoms with Crippen LogP contribution >= 0.6 is 0 Å². The summed E-state index contributed by atoms with van der Waals surface area (Å²) in [5.74, 6) is 5.07. The molecule has 0 saturated heterocycles. The molecule has 0 bridgehead atoms. The molecule has 2 aromatic carbocycles. The third-order valence-electron chi connectivity index (χ3n) is 2.16. The summed E-state index contributed by atoms with van der Waals surface area (Å²) < 4.78 is 0. The van der Waals surface area contributed by atoms with Crippen LogP contribution in [0.2, 0.25) is 0 Å². The average molecular weight is 242 g/mol. The maximum absolute atomic E-state index is 9.27. The summed E-state index contributed by atoms with van der Waals surface area (Å²) in [6.07, 6.45) is 0. The van der Waals surface area contributed by atoms with Gasteiger partial charge in [0.15, 0.2) is 0 Å². The Morgan fingerprint density at radius 1 is 0.500 bits per heavy atom. The lowest BCUT2D eigenvalue weighted by Gasteiger charge is -1.97. The van der Waals surface area contributed by atoms with E-state index >= 15 is 0 Å². The number of rotatable bonds is 0. The molecule has 0 radical (unpaired) electrons. The summed E-state index contributed by atoms with van der Waals surface area (Å²) >= 11 is 0. The van der Waals surface area contributed by atoms with E-state index in [2.05, 4.69) is 11.8 Å². The van der Waals surface area contributed by atoms with Crippen molar-refractivity contribution in [3.05, 3.63) is 47.5 Å². The Balaban J connectivity index is 2.36. The second kappa shape index (κ2) is 4.60. The number of benzene rings is 2. The highest BCUT2D eigenvalue weighted by Gasteiger charge is 1.98. The van der Waals surface area contributed by atoms with Gasteiger partial charge in [-0.2, -0.15) is 0 Å². The summed E-state index contributed by atoms with van der Waals surface area (Å²) in [6, 6.07) is 7.99. The minimum atomic E-state index is -0.0851. The molecule has 0 aliphatic carbocycles. The van der Waals surface area contributed by atoms with Crippen molar-refractivity contribution in [3.63, 3.8) is 0 Å². The predicted octanol–water partition coefficient (Wildman–Crippen LogP) is 1.91. The van der Waals surface area contributed by atoms with Crippen LogP contribution in [0, 0.1) is 11.8 Å². The normalized spacial score (nSPS) is 9.56. The van der Waals surface area contributed by atoms with Crippen molar-refractivity contribution < 1.29 is 20.4 Å². The number of aromatic hydroxyl groups is 4. The van der Waals surface area contributed by atoms with Crippen LogP contribution < -0.4 is 0 Å². The molecule has 0 saturated carbocycles. The molecule has 0 spiro atoms. The molecular formula is C14H10O4. The van der Waals surface area contributed by atoms with E-state index in [0.29, 0.717) is 11.1 Å². The summed E-state index contributed by atoms with van der Waals surface area (Å²) in [7, 11) is 0. The van der Waals surface area contributed by atoms with E-state index in [1.54, 1.807) is 0 Å². The quantitative estimate of drug-likeness (QED) is 0.532. The molecule has 18 heavy (non-hydrogen) atoms. The van der Waals surface area contributed by atoms with Crippen LogP contribution in [0.15, 0.2) is 36.4 Å². The fourth-order valence-corrected chi connectivity index (χ4v) is 1.48. The molecule has 2 aromatic rings. The van der Waals surface area contributed by atoms with Gasteiger partial charge in [-0.05, 0) is 24.3 Å². The van der Waals surface area contributed by atoms with Crippen LogP contribution in [-0.4, -0.2) is 20.4 Å². The zero-order valence-electron chi connectivity index (χ0n) is 9.25. The van der Waals surface area contributed by atoms with Gasteiger partial charge < -0.3 is 20.4 Å². The highest BCUT2D eigenvalue weighted by atomic mass is 16.3. The van der Waals surface area contributed by atoms with Crippen LogP contribution in [0.3, 0.4) is 0 Å². The minimum absolute atomic E-state index is 0.0851. The SMILES string of the molecule is Oc1cc(O)cc(C#Cc2cc(O)cc(O)c2)c1. The van der Waals surface area contributed by atoms with Crippen LogP contribution in [0.4, 0.5) is 0 Å². The Labute approximate surface area is 103 Å². The van der Waals surface area contributed by atoms with Crippen LogP contribution in [-0.2, 0) is 0 Å². The molecule has 2 rings (SSSR count). The van der Waals surface area contributed by atoms with E-state index in [-0.39, 0.29) is 23.0 Å². The Kier molecular flexibility index (Phi) is 2.98. The fraction of sp³-hybridized carbons (Fsp3) is 0. The van der Waals surface area contributed by atoms with Gasteiger partial charge >= 0.3 is 0 Å². The minimum Gasteiger partial charge on any atom is -0.508 e. The largest absolute Gasteiger partial charge is 0.508 e. The van der Waals surface area contributed by atoms with Gasteiger partial charge in [-0.1, -0.05) is 11.8 Å². The lowest BCUT2D eigenvalue weighted by atomic mass is 10.1. The van der Waals surface area contributed by atoms with Gasteiger partial charge in [-0.3, -0.25) is 0 Å². The Morgan fingerprint density at radius 3 is 1.06 bits per heavy atom. The van der Waals surface area contributed by atoms with Crippen LogP contribution in [0.1, 0.15) is 11.1 Å². The van der Waals surface area contributed by atoms with Crippen molar-refractivity contribution in [3.8, 4) is 34.8 Å². The molecule has 0 fully saturated rings. The van der Waals surface area contributed by atoms with Crippen molar-refractivity contribution in [1.29, 1.82) is 0 Å². The summed E-state index contributed by atoms with van der Waals surface area (Å²) in [4.78, 5) is 0. The van der Waals surface area contributed by atoms with Gasteiger partial charge in [0, 0.05) is 23.3 Å². The summed E-state index contributed by atoms with van der Waals surface area (Å²) in [6.45, 7) is 0.